The van der Waals surface area contributed by atoms with Crippen LogP contribution in [0.1, 0.15) is 41.8 Å². The molecule has 6 nitrogen and oxygen atoms in total. The fraction of sp³-hybridized carbons (Fsp3) is 0.261. The Balaban J connectivity index is 1.74. The van der Waals surface area contributed by atoms with E-state index in [1.807, 2.05) is 31.2 Å². The summed E-state index contributed by atoms with van der Waals surface area (Å²) in [7, 11) is 0. The quantitative estimate of drug-likeness (QED) is 0.358. The lowest BCUT2D eigenvalue weighted by molar-refractivity contribution is -0.115. The largest absolute Gasteiger partial charge is 0.494 e. The number of nitrogens with one attached hydrogen (secondary N) is 3. The monoisotopic (exact) mass is 425 g/mol. The van der Waals surface area contributed by atoms with Gasteiger partial charge in [-0.05, 0) is 67.4 Å². The molecule has 2 amide bonds. The van der Waals surface area contributed by atoms with Gasteiger partial charge in [0.2, 0.25) is 5.91 Å². The van der Waals surface area contributed by atoms with Gasteiger partial charge >= 0.3 is 0 Å². The van der Waals surface area contributed by atoms with Crippen molar-refractivity contribution >= 4 is 35.2 Å². The molecule has 0 bridgehead atoms. The van der Waals surface area contributed by atoms with E-state index in [0.29, 0.717) is 23.8 Å². The maximum Gasteiger partial charge on any atom is 0.269 e. The van der Waals surface area contributed by atoms with Gasteiger partial charge < -0.3 is 4.74 Å². The summed E-state index contributed by atoms with van der Waals surface area (Å²) in [4.78, 5) is 24.1. The van der Waals surface area contributed by atoms with Gasteiger partial charge in [-0.25, -0.2) is 0 Å². The summed E-state index contributed by atoms with van der Waals surface area (Å²) < 4.78 is 5.63. The molecule has 2 aromatic carbocycles. The molecule has 2 aromatic rings. The molecule has 0 aliphatic carbocycles. The Morgan fingerprint density at radius 1 is 1.03 bits per heavy atom. The Labute approximate surface area is 182 Å². The van der Waals surface area contributed by atoms with Gasteiger partial charge in [-0.15, -0.1) is 0 Å². The maximum absolute atomic E-state index is 12.2. The molecule has 0 atom stereocenters. The van der Waals surface area contributed by atoms with Crippen LogP contribution < -0.4 is 20.9 Å². The van der Waals surface area contributed by atoms with Crippen molar-refractivity contribution in [3.8, 4) is 5.75 Å². The number of benzene rings is 2. The highest BCUT2D eigenvalue weighted by Crippen LogP contribution is 2.13. The highest BCUT2D eigenvalue weighted by Gasteiger charge is 2.07. The number of aryl methyl sites for hydroxylation is 1. The van der Waals surface area contributed by atoms with Crippen LogP contribution >= 0.6 is 12.2 Å². The van der Waals surface area contributed by atoms with E-state index < -0.39 is 5.91 Å². The van der Waals surface area contributed by atoms with Crippen molar-refractivity contribution in [2.24, 2.45) is 5.92 Å². The Hall–Kier alpha value is -3.19. The van der Waals surface area contributed by atoms with E-state index in [1.54, 1.807) is 30.3 Å². The number of hydrogen-bond donors (Lipinski definition) is 3. The maximum atomic E-state index is 12.2. The van der Waals surface area contributed by atoms with E-state index in [0.717, 1.165) is 17.5 Å². The molecule has 2 rings (SSSR count). The molecule has 0 aliphatic heterocycles. The van der Waals surface area contributed by atoms with Crippen molar-refractivity contribution in [3.05, 3.63) is 71.3 Å². The summed E-state index contributed by atoms with van der Waals surface area (Å²) in [5.41, 5.74) is 7.45. The first kappa shape index (κ1) is 23.1. The van der Waals surface area contributed by atoms with E-state index >= 15 is 0 Å². The predicted molar refractivity (Wildman–Crippen MR) is 123 cm³/mol. The lowest BCUT2D eigenvalue weighted by atomic mass is 10.1. The molecule has 0 aliphatic rings. The van der Waals surface area contributed by atoms with Crippen LogP contribution in [0.25, 0.3) is 6.08 Å². The average molecular weight is 426 g/mol. The number of hydrogen-bond acceptors (Lipinski definition) is 4. The zero-order valence-corrected chi connectivity index (χ0v) is 18.2. The summed E-state index contributed by atoms with van der Waals surface area (Å²) in [6, 6.07) is 14.6. The van der Waals surface area contributed by atoms with Gasteiger partial charge in [0.15, 0.2) is 5.11 Å². The van der Waals surface area contributed by atoms with Gasteiger partial charge in [0.1, 0.15) is 5.75 Å². The van der Waals surface area contributed by atoms with Crippen LogP contribution in [0.3, 0.4) is 0 Å². The van der Waals surface area contributed by atoms with Crippen LogP contribution in [0.5, 0.6) is 5.75 Å². The van der Waals surface area contributed by atoms with Crippen molar-refractivity contribution < 1.29 is 14.3 Å². The topological polar surface area (TPSA) is 79.5 Å². The number of carbonyl (C=O) groups excluding carboxylic acids is 2. The molecule has 0 heterocycles. The van der Waals surface area contributed by atoms with Gasteiger partial charge in [0.25, 0.3) is 5.91 Å². The minimum Gasteiger partial charge on any atom is -0.494 e. The van der Waals surface area contributed by atoms with Gasteiger partial charge in [0.05, 0.1) is 6.61 Å². The van der Waals surface area contributed by atoms with Crippen molar-refractivity contribution in [2.75, 3.05) is 6.61 Å². The third-order valence-corrected chi connectivity index (χ3v) is 4.32. The number of thiocarbonyl (C=S) groups is 1. The Bertz CT molecular complexity index is 891. The van der Waals surface area contributed by atoms with Crippen molar-refractivity contribution in [3.63, 3.8) is 0 Å². The second kappa shape index (κ2) is 11.7. The molecule has 0 saturated carbocycles. The first-order valence-electron chi connectivity index (χ1n) is 9.72. The van der Waals surface area contributed by atoms with Crippen molar-refractivity contribution in [2.45, 2.75) is 27.2 Å². The normalized spacial score (nSPS) is 10.7. The molecule has 7 heteroatoms. The second-order valence-electron chi connectivity index (χ2n) is 7.20. The van der Waals surface area contributed by atoms with Crippen LogP contribution in [0, 0.1) is 12.8 Å². The molecule has 0 fully saturated rings. The summed E-state index contributed by atoms with van der Waals surface area (Å²) in [6.45, 7) is 6.90. The minimum atomic E-state index is -0.398. The number of hydrazine groups is 1. The van der Waals surface area contributed by atoms with Crippen LogP contribution in [0.4, 0.5) is 0 Å². The fourth-order valence-electron chi connectivity index (χ4n) is 2.34. The Kier molecular flexibility index (Phi) is 9.03. The SMILES string of the molecule is Cc1ccc(/C=C/C(=O)NC(=S)NNC(=O)c2ccc(OCCC(C)C)cc2)cc1. The zero-order chi connectivity index (χ0) is 21.9. The van der Waals surface area contributed by atoms with Crippen molar-refractivity contribution in [1.29, 1.82) is 0 Å². The van der Waals surface area contributed by atoms with E-state index in [2.05, 4.69) is 30.0 Å². The van der Waals surface area contributed by atoms with Crippen LogP contribution in [-0.4, -0.2) is 23.5 Å². The highest BCUT2D eigenvalue weighted by atomic mass is 32.1. The van der Waals surface area contributed by atoms with Gasteiger partial charge in [-0.3, -0.25) is 25.8 Å². The third-order valence-electron chi connectivity index (χ3n) is 4.11. The highest BCUT2D eigenvalue weighted by molar-refractivity contribution is 7.80. The molecule has 0 radical (unpaired) electrons. The third kappa shape index (κ3) is 8.45. The lowest BCUT2D eigenvalue weighted by Crippen LogP contribution is -2.48. The van der Waals surface area contributed by atoms with Gasteiger partial charge in [0, 0.05) is 11.6 Å². The fourth-order valence-corrected chi connectivity index (χ4v) is 2.49. The minimum absolute atomic E-state index is 0.00412. The summed E-state index contributed by atoms with van der Waals surface area (Å²) in [5.74, 6) is 0.507. The van der Waals surface area contributed by atoms with E-state index in [9.17, 15) is 9.59 Å². The average Bonchev–Trinajstić information content (AvgIpc) is 2.72. The summed E-state index contributed by atoms with van der Waals surface area (Å²) in [6.07, 6.45) is 4.02. The number of amides is 2. The molecule has 30 heavy (non-hydrogen) atoms. The number of carbonyl (C=O) groups is 2. The standard InChI is InChI=1S/C23H27N3O3S/c1-16(2)14-15-29-20-11-9-19(10-12-20)22(28)25-26-23(30)24-21(27)13-8-18-6-4-17(3)5-7-18/h4-13,16H,14-15H2,1-3H3,(H,25,28)(H2,24,26,27,30)/b13-8+. The number of ether oxygens (including phenoxy) is 1. The van der Waals surface area contributed by atoms with Crippen LogP contribution in [0.15, 0.2) is 54.6 Å². The van der Waals surface area contributed by atoms with Crippen LogP contribution in [0.2, 0.25) is 0 Å². The smallest absolute Gasteiger partial charge is 0.269 e. The van der Waals surface area contributed by atoms with Crippen molar-refractivity contribution in [1.82, 2.24) is 16.2 Å². The summed E-state index contributed by atoms with van der Waals surface area (Å²) in [5, 5.41) is 2.47. The molecule has 158 valence electrons. The molecule has 3 N–H and O–H groups in total. The second-order valence-corrected chi connectivity index (χ2v) is 7.61. The van der Waals surface area contributed by atoms with E-state index in [1.165, 1.54) is 6.08 Å². The molecule has 0 saturated heterocycles. The molecule has 0 spiro atoms. The predicted octanol–water partition coefficient (Wildman–Crippen LogP) is 3.77. The van der Waals surface area contributed by atoms with Gasteiger partial charge in [-0.1, -0.05) is 43.7 Å². The molecular weight excluding hydrogens is 398 g/mol. The van der Waals surface area contributed by atoms with E-state index in [-0.39, 0.29) is 11.0 Å². The number of rotatable bonds is 7. The molecule has 0 unspecified atom stereocenters. The lowest BCUT2D eigenvalue weighted by Gasteiger charge is -2.11. The molecule has 0 aromatic heterocycles. The van der Waals surface area contributed by atoms with Crippen LogP contribution in [-0.2, 0) is 4.79 Å². The molecular formula is C23H27N3O3S. The van der Waals surface area contributed by atoms with Gasteiger partial charge in [-0.2, -0.15) is 0 Å². The first-order chi connectivity index (χ1) is 14.3. The first-order valence-corrected chi connectivity index (χ1v) is 10.1. The summed E-state index contributed by atoms with van der Waals surface area (Å²) >= 11 is 5.02. The Morgan fingerprint density at radius 3 is 2.33 bits per heavy atom. The van der Waals surface area contributed by atoms with E-state index in [4.69, 9.17) is 17.0 Å². The zero-order valence-electron chi connectivity index (χ0n) is 17.4. The Morgan fingerprint density at radius 2 is 1.70 bits per heavy atom.